The molecule has 1 aromatic heterocycles. The molecule has 0 radical (unpaired) electrons. The van der Waals surface area contributed by atoms with E-state index in [1.165, 1.54) is 5.56 Å². The van der Waals surface area contributed by atoms with E-state index < -0.39 is 0 Å². The standard InChI is InChI=1S/C22H23ClN2O2/c1-3-14-5-7-15(8-6-14)12-24-22(26)19-11-17-18(23)9-10-20-21(17)25(19)13-16(4-2)27-20/h5-11,16H,3-4,12-13H2,1-2H3,(H,24,26)/t16-/m0/s1. The summed E-state index contributed by atoms with van der Waals surface area (Å²) >= 11 is 6.37. The highest BCUT2D eigenvalue weighted by Crippen LogP contribution is 2.38. The summed E-state index contributed by atoms with van der Waals surface area (Å²) < 4.78 is 8.09. The Labute approximate surface area is 164 Å². The van der Waals surface area contributed by atoms with Crippen molar-refractivity contribution in [2.75, 3.05) is 0 Å². The molecule has 4 nitrogen and oxygen atoms in total. The van der Waals surface area contributed by atoms with Crippen molar-refractivity contribution < 1.29 is 9.53 Å². The zero-order valence-electron chi connectivity index (χ0n) is 15.6. The van der Waals surface area contributed by atoms with Crippen molar-refractivity contribution in [3.8, 4) is 5.75 Å². The SMILES string of the molecule is CCc1ccc(CNC(=O)c2cc3c(Cl)ccc4c3n2C[C@H](CC)O4)cc1. The molecular weight excluding hydrogens is 360 g/mol. The second-order valence-electron chi connectivity index (χ2n) is 6.95. The normalized spacial score (nSPS) is 15.6. The lowest BCUT2D eigenvalue weighted by molar-refractivity contribution is 0.0935. The number of hydrogen-bond acceptors (Lipinski definition) is 2. The predicted octanol–water partition coefficient (Wildman–Crippen LogP) is 4.96. The molecule has 1 amide bonds. The largest absolute Gasteiger partial charge is 0.486 e. The Balaban J connectivity index is 1.62. The second kappa shape index (κ2) is 7.28. The molecule has 1 N–H and O–H groups in total. The molecule has 0 fully saturated rings. The van der Waals surface area contributed by atoms with Crippen molar-refractivity contribution in [3.63, 3.8) is 0 Å². The lowest BCUT2D eigenvalue weighted by Crippen LogP contribution is -2.31. The van der Waals surface area contributed by atoms with Gasteiger partial charge < -0.3 is 14.6 Å². The molecule has 2 aromatic carbocycles. The summed E-state index contributed by atoms with van der Waals surface area (Å²) in [5, 5.41) is 4.54. The minimum Gasteiger partial charge on any atom is -0.486 e. The monoisotopic (exact) mass is 382 g/mol. The molecule has 4 rings (SSSR count). The molecule has 0 bridgehead atoms. The van der Waals surface area contributed by atoms with Gasteiger partial charge in [0.2, 0.25) is 0 Å². The first-order chi connectivity index (χ1) is 13.1. The van der Waals surface area contributed by atoms with Crippen LogP contribution in [-0.4, -0.2) is 16.6 Å². The number of carbonyl (C=O) groups excluding carboxylic acids is 1. The van der Waals surface area contributed by atoms with Crippen LogP contribution in [0, 0.1) is 0 Å². The number of nitrogens with zero attached hydrogens (tertiary/aromatic N) is 1. The average Bonchev–Trinajstić information content (AvgIpc) is 3.10. The lowest BCUT2D eigenvalue weighted by atomic mass is 10.1. The fraction of sp³-hybridized carbons (Fsp3) is 0.318. The van der Waals surface area contributed by atoms with Crippen molar-refractivity contribution in [2.24, 2.45) is 0 Å². The van der Waals surface area contributed by atoms with Crippen molar-refractivity contribution in [1.29, 1.82) is 0 Å². The molecule has 1 aliphatic heterocycles. The maximum Gasteiger partial charge on any atom is 0.268 e. The molecule has 140 valence electrons. The molecule has 27 heavy (non-hydrogen) atoms. The number of aromatic nitrogens is 1. The average molecular weight is 383 g/mol. The van der Waals surface area contributed by atoms with Crippen LogP contribution in [0.5, 0.6) is 5.75 Å². The van der Waals surface area contributed by atoms with Crippen molar-refractivity contribution in [1.82, 2.24) is 9.88 Å². The molecule has 0 spiro atoms. The van der Waals surface area contributed by atoms with E-state index >= 15 is 0 Å². The first-order valence-electron chi connectivity index (χ1n) is 9.45. The van der Waals surface area contributed by atoms with E-state index in [4.69, 9.17) is 16.3 Å². The summed E-state index contributed by atoms with van der Waals surface area (Å²) in [5.74, 6) is 0.700. The highest BCUT2D eigenvalue weighted by atomic mass is 35.5. The lowest BCUT2D eigenvalue weighted by Gasteiger charge is -2.26. The number of aryl methyl sites for hydroxylation is 1. The van der Waals surface area contributed by atoms with Gasteiger partial charge in [-0.25, -0.2) is 0 Å². The number of amides is 1. The highest BCUT2D eigenvalue weighted by Gasteiger charge is 2.26. The zero-order chi connectivity index (χ0) is 19.0. The highest BCUT2D eigenvalue weighted by molar-refractivity contribution is 6.36. The van der Waals surface area contributed by atoms with Crippen LogP contribution in [0.2, 0.25) is 5.02 Å². The minimum absolute atomic E-state index is 0.0578. The summed E-state index contributed by atoms with van der Waals surface area (Å²) in [6.07, 6.45) is 1.95. The Morgan fingerprint density at radius 3 is 2.63 bits per heavy atom. The van der Waals surface area contributed by atoms with E-state index in [9.17, 15) is 4.79 Å². The number of carbonyl (C=O) groups is 1. The van der Waals surface area contributed by atoms with Crippen LogP contribution in [0.25, 0.3) is 10.9 Å². The molecule has 2 heterocycles. The first kappa shape index (κ1) is 17.9. The van der Waals surface area contributed by atoms with E-state index in [0.717, 1.165) is 35.1 Å². The van der Waals surface area contributed by atoms with Crippen LogP contribution in [0.1, 0.15) is 41.9 Å². The van der Waals surface area contributed by atoms with Gasteiger partial charge in [-0.3, -0.25) is 4.79 Å². The third kappa shape index (κ3) is 3.30. The molecule has 1 aliphatic rings. The zero-order valence-corrected chi connectivity index (χ0v) is 16.3. The van der Waals surface area contributed by atoms with E-state index in [1.54, 1.807) is 0 Å². The molecule has 0 aliphatic carbocycles. The molecule has 1 atom stereocenters. The molecule has 0 saturated heterocycles. The summed E-state index contributed by atoms with van der Waals surface area (Å²) in [4.78, 5) is 12.9. The van der Waals surface area contributed by atoms with Crippen molar-refractivity contribution >= 4 is 28.4 Å². The molecule has 0 unspecified atom stereocenters. The quantitative estimate of drug-likeness (QED) is 0.677. The smallest absolute Gasteiger partial charge is 0.268 e. The van der Waals surface area contributed by atoms with Gasteiger partial charge >= 0.3 is 0 Å². The van der Waals surface area contributed by atoms with E-state index in [2.05, 4.69) is 43.4 Å². The number of nitrogens with one attached hydrogen (secondary N) is 1. The van der Waals surface area contributed by atoms with Gasteiger partial charge in [0.25, 0.3) is 5.91 Å². The van der Waals surface area contributed by atoms with Gasteiger partial charge in [0.1, 0.15) is 17.5 Å². The van der Waals surface area contributed by atoms with Gasteiger partial charge in [-0.15, -0.1) is 0 Å². The maximum absolute atomic E-state index is 12.9. The fourth-order valence-electron chi connectivity index (χ4n) is 3.59. The summed E-state index contributed by atoms with van der Waals surface area (Å²) in [5.41, 5.74) is 3.92. The Morgan fingerprint density at radius 1 is 1.19 bits per heavy atom. The summed E-state index contributed by atoms with van der Waals surface area (Å²) in [7, 11) is 0. The fourth-order valence-corrected chi connectivity index (χ4v) is 3.79. The van der Waals surface area contributed by atoms with Gasteiger partial charge in [-0.05, 0) is 42.2 Å². The van der Waals surface area contributed by atoms with Gasteiger partial charge in [0.15, 0.2) is 0 Å². The Bertz CT molecular complexity index is 992. The minimum atomic E-state index is -0.0930. The third-order valence-electron chi connectivity index (χ3n) is 5.22. The van der Waals surface area contributed by atoms with Gasteiger partial charge in [0.05, 0.1) is 17.1 Å². The summed E-state index contributed by atoms with van der Waals surface area (Å²) in [6, 6.07) is 13.9. The van der Waals surface area contributed by atoms with Crippen LogP contribution < -0.4 is 10.1 Å². The number of hydrogen-bond donors (Lipinski definition) is 1. The van der Waals surface area contributed by atoms with Gasteiger partial charge in [-0.2, -0.15) is 0 Å². The van der Waals surface area contributed by atoms with Crippen LogP contribution in [0.4, 0.5) is 0 Å². The second-order valence-corrected chi connectivity index (χ2v) is 7.36. The van der Waals surface area contributed by atoms with E-state index in [1.807, 2.05) is 22.8 Å². The van der Waals surface area contributed by atoms with E-state index in [-0.39, 0.29) is 12.0 Å². The molecule has 0 saturated carbocycles. The number of halogens is 1. The third-order valence-corrected chi connectivity index (χ3v) is 5.55. The van der Waals surface area contributed by atoms with Gasteiger partial charge in [-0.1, -0.05) is 49.7 Å². The maximum atomic E-state index is 12.9. The Hall–Kier alpha value is -2.46. The Morgan fingerprint density at radius 2 is 1.93 bits per heavy atom. The molecule has 5 heteroatoms. The number of benzene rings is 2. The molecular formula is C22H23ClN2O2. The topological polar surface area (TPSA) is 43.3 Å². The van der Waals surface area contributed by atoms with Crippen molar-refractivity contribution in [3.05, 3.63) is 64.3 Å². The number of ether oxygens (including phenoxy) is 1. The van der Waals surface area contributed by atoms with Crippen LogP contribution >= 0.6 is 11.6 Å². The molecule has 3 aromatic rings. The Kier molecular flexibility index (Phi) is 4.83. The van der Waals surface area contributed by atoms with Crippen LogP contribution in [0.3, 0.4) is 0 Å². The van der Waals surface area contributed by atoms with Crippen LogP contribution in [0.15, 0.2) is 42.5 Å². The first-order valence-corrected chi connectivity index (χ1v) is 9.83. The van der Waals surface area contributed by atoms with E-state index in [0.29, 0.717) is 23.8 Å². The predicted molar refractivity (Wildman–Crippen MR) is 109 cm³/mol. The summed E-state index contributed by atoms with van der Waals surface area (Å²) in [6.45, 7) is 5.37. The van der Waals surface area contributed by atoms with Crippen LogP contribution in [-0.2, 0) is 19.5 Å². The number of rotatable bonds is 5. The van der Waals surface area contributed by atoms with Crippen molar-refractivity contribution in [2.45, 2.75) is 45.9 Å². The van der Waals surface area contributed by atoms with Gasteiger partial charge in [0, 0.05) is 11.9 Å².